The lowest BCUT2D eigenvalue weighted by molar-refractivity contribution is -0.136. The first kappa shape index (κ1) is 17.3. The predicted molar refractivity (Wildman–Crippen MR) is 102 cm³/mol. The van der Waals surface area contributed by atoms with E-state index in [1.807, 2.05) is 10.8 Å². The fourth-order valence-corrected chi connectivity index (χ4v) is 4.49. The number of imidazole rings is 1. The van der Waals surface area contributed by atoms with Crippen molar-refractivity contribution in [2.45, 2.75) is 45.3 Å². The van der Waals surface area contributed by atoms with Crippen LogP contribution in [0.1, 0.15) is 31.2 Å². The first-order chi connectivity index (χ1) is 12.7. The molecule has 3 saturated heterocycles. The van der Waals surface area contributed by atoms with E-state index in [0.29, 0.717) is 18.5 Å². The minimum Gasteiger partial charge on any atom is -0.337 e. The molecular formula is C21H28N4O. The van der Waals surface area contributed by atoms with Crippen LogP contribution in [0.15, 0.2) is 42.7 Å². The molecule has 2 atom stereocenters. The highest BCUT2D eigenvalue weighted by Crippen LogP contribution is 2.29. The summed E-state index contributed by atoms with van der Waals surface area (Å²) in [5.41, 5.74) is 1.36. The lowest BCUT2D eigenvalue weighted by atomic mass is 9.95. The van der Waals surface area contributed by atoms with Crippen LogP contribution >= 0.6 is 0 Å². The number of piperidine rings is 1. The number of benzene rings is 1. The zero-order valence-corrected chi connectivity index (χ0v) is 15.6. The highest BCUT2D eigenvalue weighted by Gasteiger charge is 2.37. The number of hydrogen-bond donors (Lipinski definition) is 0. The Hall–Kier alpha value is -2.14. The van der Waals surface area contributed by atoms with Gasteiger partial charge in [0.1, 0.15) is 12.4 Å². The van der Waals surface area contributed by atoms with Crippen LogP contribution in [0.4, 0.5) is 0 Å². The fraction of sp³-hybridized carbons (Fsp3) is 0.524. The van der Waals surface area contributed by atoms with E-state index in [9.17, 15) is 4.79 Å². The molecule has 3 fully saturated rings. The van der Waals surface area contributed by atoms with Crippen LogP contribution in [-0.2, 0) is 24.3 Å². The molecule has 0 aliphatic carbocycles. The number of fused-ring (bicyclic) bond motifs is 4. The number of aryl methyl sites for hydroxylation is 1. The van der Waals surface area contributed by atoms with E-state index >= 15 is 0 Å². The summed E-state index contributed by atoms with van der Waals surface area (Å²) in [4.78, 5) is 22.0. The summed E-state index contributed by atoms with van der Waals surface area (Å²) < 4.78 is 2.00. The Labute approximate surface area is 155 Å². The van der Waals surface area contributed by atoms with Crippen LogP contribution in [0.5, 0.6) is 0 Å². The Bertz CT molecular complexity index is 741. The maximum atomic E-state index is 13.0. The third-order valence-corrected chi connectivity index (χ3v) is 5.78. The van der Waals surface area contributed by atoms with Crippen molar-refractivity contribution >= 4 is 5.91 Å². The van der Waals surface area contributed by atoms with E-state index in [1.54, 1.807) is 6.20 Å². The van der Waals surface area contributed by atoms with Gasteiger partial charge in [0.2, 0.25) is 5.91 Å². The van der Waals surface area contributed by atoms with Crippen LogP contribution in [0.3, 0.4) is 0 Å². The lowest BCUT2D eigenvalue weighted by Crippen LogP contribution is -2.48. The minimum atomic E-state index is 0.244. The van der Waals surface area contributed by atoms with Gasteiger partial charge in [-0.3, -0.25) is 9.69 Å². The number of hydrogen-bond acceptors (Lipinski definition) is 3. The Morgan fingerprint density at radius 2 is 2.00 bits per heavy atom. The molecule has 4 heterocycles. The molecule has 5 rings (SSSR count). The van der Waals surface area contributed by atoms with Crippen molar-refractivity contribution in [2.24, 2.45) is 5.92 Å². The van der Waals surface area contributed by atoms with Gasteiger partial charge < -0.3 is 9.47 Å². The van der Waals surface area contributed by atoms with Crippen molar-refractivity contribution < 1.29 is 4.79 Å². The highest BCUT2D eigenvalue weighted by atomic mass is 16.2. The van der Waals surface area contributed by atoms with Gasteiger partial charge in [-0.15, -0.1) is 0 Å². The number of rotatable bonds is 5. The summed E-state index contributed by atoms with van der Waals surface area (Å²) in [6, 6.07) is 11.0. The molecule has 5 heteroatoms. The molecular weight excluding hydrogens is 324 g/mol. The van der Waals surface area contributed by atoms with E-state index in [0.717, 1.165) is 44.8 Å². The van der Waals surface area contributed by atoms with E-state index in [4.69, 9.17) is 0 Å². The molecule has 0 saturated carbocycles. The molecule has 5 nitrogen and oxygen atoms in total. The predicted octanol–water partition coefficient (Wildman–Crippen LogP) is 2.57. The highest BCUT2D eigenvalue weighted by molar-refractivity contribution is 5.76. The van der Waals surface area contributed by atoms with Crippen molar-refractivity contribution in [3.05, 3.63) is 54.1 Å². The molecule has 0 N–H and O–H groups in total. The van der Waals surface area contributed by atoms with E-state index in [2.05, 4.69) is 52.0 Å². The molecule has 0 radical (unpaired) electrons. The SMILES string of the molecule is CCc1nccn1CC(=O)N1C[C@@H]2CC[C@H]1CN(Cc1ccccc1)C2. The molecule has 2 bridgehead atoms. The number of aromatic nitrogens is 2. The van der Waals surface area contributed by atoms with Gasteiger partial charge in [-0.2, -0.15) is 0 Å². The summed E-state index contributed by atoms with van der Waals surface area (Å²) in [7, 11) is 0. The zero-order valence-electron chi connectivity index (χ0n) is 15.6. The monoisotopic (exact) mass is 352 g/mol. The van der Waals surface area contributed by atoms with Crippen molar-refractivity contribution in [1.82, 2.24) is 19.4 Å². The summed E-state index contributed by atoms with van der Waals surface area (Å²) in [6.45, 7) is 6.48. The average Bonchev–Trinajstić information content (AvgIpc) is 2.92. The van der Waals surface area contributed by atoms with Gasteiger partial charge >= 0.3 is 0 Å². The first-order valence-electron chi connectivity index (χ1n) is 9.78. The molecule has 1 aromatic heterocycles. The number of carbonyl (C=O) groups excluding carboxylic acids is 1. The summed E-state index contributed by atoms with van der Waals surface area (Å²) >= 11 is 0. The second kappa shape index (κ2) is 7.62. The first-order valence-corrected chi connectivity index (χ1v) is 9.78. The Morgan fingerprint density at radius 1 is 1.15 bits per heavy atom. The Balaban J connectivity index is 1.43. The smallest absolute Gasteiger partial charge is 0.242 e. The van der Waals surface area contributed by atoms with E-state index in [-0.39, 0.29) is 5.91 Å². The molecule has 2 aromatic rings. The molecule has 1 aromatic carbocycles. The Morgan fingerprint density at radius 3 is 2.81 bits per heavy atom. The normalized spacial score (nSPS) is 23.2. The van der Waals surface area contributed by atoms with Gasteiger partial charge in [-0.25, -0.2) is 4.98 Å². The van der Waals surface area contributed by atoms with Crippen molar-refractivity contribution in [3.8, 4) is 0 Å². The van der Waals surface area contributed by atoms with Crippen LogP contribution in [0, 0.1) is 5.92 Å². The quantitative estimate of drug-likeness (QED) is 0.830. The maximum Gasteiger partial charge on any atom is 0.242 e. The lowest BCUT2D eigenvalue weighted by Gasteiger charge is -2.36. The van der Waals surface area contributed by atoms with Crippen LogP contribution < -0.4 is 0 Å². The fourth-order valence-electron chi connectivity index (χ4n) is 4.49. The number of amides is 1. The Kier molecular flexibility index (Phi) is 5.07. The van der Waals surface area contributed by atoms with Gasteiger partial charge in [0.15, 0.2) is 0 Å². The second-order valence-corrected chi connectivity index (χ2v) is 7.65. The van der Waals surface area contributed by atoms with Crippen molar-refractivity contribution in [2.75, 3.05) is 19.6 Å². The van der Waals surface area contributed by atoms with Gasteiger partial charge in [0.05, 0.1) is 0 Å². The molecule has 3 aliphatic rings. The topological polar surface area (TPSA) is 41.4 Å². The minimum absolute atomic E-state index is 0.244. The van der Waals surface area contributed by atoms with Crippen LogP contribution in [0.25, 0.3) is 0 Å². The summed E-state index contributed by atoms with van der Waals surface area (Å²) in [5.74, 6) is 1.83. The average molecular weight is 352 g/mol. The summed E-state index contributed by atoms with van der Waals surface area (Å²) in [5, 5.41) is 0. The van der Waals surface area contributed by atoms with E-state index < -0.39 is 0 Å². The van der Waals surface area contributed by atoms with Gasteiger partial charge in [-0.05, 0) is 24.3 Å². The molecule has 0 unspecified atom stereocenters. The second-order valence-electron chi connectivity index (χ2n) is 7.65. The van der Waals surface area contributed by atoms with Crippen LogP contribution in [0.2, 0.25) is 0 Å². The molecule has 0 spiro atoms. The molecule has 1 amide bonds. The molecule has 3 aliphatic heterocycles. The third-order valence-electron chi connectivity index (χ3n) is 5.78. The van der Waals surface area contributed by atoms with E-state index in [1.165, 1.54) is 12.0 Å². The van der Waals surface area contributed by atoms with Gasteiger partial charge in [-0.1, -0.05) is 37.3 Å². The largest absolute Gasteiger partial charge is 0.337 e. The molecule has 26 heavy (non-hydrogen) atoms. The third kappa shape index (κ3) is 3.68. The van der Waals surface area contributed by atoms with Crippen molar-refractivity contribution in [1.29, 1.82) is 0 Å². The number of carbonyl (C=O) groups is 1. The van der Waals surface area contributed by atoms with Gasteiger partial charge in [0, 0.05) is 51.0 Å². The molecule has 138 valence electrons. The maximum absolute atomic E-state index is 13.0. The van der Waals surface area contributed by atoms with Crippen LogP contribution in [-0.4, -0.2) is 50.9 Å². The zero-order chi connectivity index (χ0) is 17.9. The van der Waals surface area contributed by atoms with Gasteiger partial charge in [0.25, 0.3) is 0 Å². The van der Waals surface area contributed by atoms with Crippen molar-refractivity contribution in [3.63, 3.8) is 0 Å². The number of nitrogens with zero attached hydrogens (tertiary/aromatic N) is 4. The summed E-state index contributed by atoms with van der Waals surface area (Å²) in [6.07, 6.45) is 6.95. The standard InChI is InChI=1S/C21H28N4O/c1-2-20-22-10-11-24(20)16-21(26)25-14-18-8-9-19(25)15-23(13-18)12-17-6-4-3-5-7-17/h3-7,10-11,18-19H,2,8-9,12-16H2,1H3/t18-,19+/m1/s1.